The molecule has 0 unspecified atom stereocenters. The Morgan fingerprint density at radius 1 is 1.25 bits per heavy atom. The van der Waals surface area contributed by atoms with E-state index in [9.17, 15) is 5.11 Å². The van der Waals surface area contributed by atoms with Crippen LogP contribution in [0.4, 0.5) is 0 Å². The molecule has 24 heavy (non-hydrogen) atoms. The highest BCUT2D eigenvalue weighted by Crippen LogP contribution is 2.49. The fourth-order valence-electron chi connectivity index (χ4n) is 3.99. The summed E-state index contributed by atoms with van der Waals surface area (Å²) >= 11 is 0. The molecule has 0 spiro atoms. The number of likely N-dealkylation sites (N-methyl/N-ethyl adjacent to an activating group) is 1. The standard InChI is InChI=1S/C21H33NO2/c1-16-19(20(2,3)4)18(14-21(16,23)15-22(5)6)24-13-12-17-10-8-7-9-11-17/h7-11,18-19,23H,1,12-15H2,2-6H3/t18-,19+,21-/m0/s1. The molecule has 1 aliphatic carbocycles. The summed E-state index contributed by atoms with van der Waals surface area (Å²) in [6.45, 7) is 12.2. The summed E-state index contributed by atoms with van der Waals surface area (Å²) < 4.78 is 6.25. The van der Waals surface area contributed by atoms with Gasteiger partial charge in [0.15, 0.2) is 0 Å². The first-order chi connectivity index (χ1) is 11.1. The summed E-state index contributed by atoms with van der Waals surface area (Å²) in [4.78, 5) is 2.03. The Labute approximate surface area is 147 Å². The van der Waals surface area contributed by atoms with Gasteiger partial charge in [-0.1, -0.05) is 57.7 Å². The monoisotopic (exact) mass is 331 g/mol. The van der Waals surface area contributed by atoms with E-state index in [1.807, 2.05) is 25.1 Å². The van der Waals surface area contributed by atoms with Crippen molar-refractivity contribution >= 4 is 0 Å². The zero-order chi connectivity index (χ0) is 18.0. The second-order valence-corrected chi connectivity index (χ2v) is 8.49. The molecule has 1 fully saturated rings. The molecule has 0 aliphatic heterocycles. The van der Waals surface area contributed by atoms with Crippen LogP contribution in [0, 0.1) is 11.3 Å². The van der Waals surface area contributed by atoms with E-state index < -0.39 is 5.60 Å². The molecule has 0 bridgehead atoms. The molecule has 0 heterocycles. The van der Waals surface area contributed by atoms with Gasteiger partial charge in [-0.15, -0.1) is 0 Å². The molecule has 1 N–H and O–H groups in total. The Kier molecular flexibility index (Phi) is 5.90. The largest absolute Gasteiger partial charge is 0.384 e. The van der Waals surface area contributed by atoms with Crippen molar-refractivity contribution in [3.05, 3.63) is 48.0 Å². The molecule has 3 nitrogen and oxygen atoms in total. The van der Waals surface area contributed by atoms with Gasteiger partial charge in [0, 0.05) is 18.9 Å². The average molecular weight is 332 g/mol. The Balaban J connectivity index is 2.07. The van der Waals surface area contributed by atoms with Gasteiger partial charge in [0.25, 0.3) is 0 Å². The fraction of sp³-hybridized carbons (Fsp3) is 0.619. The predicted octanol–water partition coefficient (Wildman–Crippen LogP) is 3.53. The highest BCUT2D eigenvalue weighted by Gasteiger charge is 2.52. The van der Waals surface area contributed by atoms with Crippen molar-refractivity contribution in [1.29, 1.82) is 0 Å². The van der Waals surface area contributed by atoms with Gasteiger partial charge < -0.3 is 14.7 Å². The minimum Gasteiger partial charge on any atom is -0.384 e. The van der Waals surface area contributed by atoms with Crippen LogP contribution in [0.15, 0.2) is 42.5 Å². The van der Waals surface area contributed by atoms with Gasteiger partial charge in [-0.2, -0.15) is 0 Å². The van der Waals surface area contributed by atoms with E-state index in [0.29, 0.717) is 19.6 Å². The zero-order valence-corrected chi connectivity index (χ0v) is 15.9. The van der Waals surface area contributed by atoms with Gasteiger partial charge in [-0.05, 0) is 37.1 Å². The molecule has 0 amide bonds. The van der Waals surface area contributed by atoms with Crippen LogP contribution in [0.5, 0.6) is 0 Å². The lowest BCUT2D eigenvalue weighted by Crippen LogP contribution is -2.40. The number of ether oxygens (including phenoxy) is 1. The zero-order valence-electron chi connectivity index (χ0n) is 15.9. The molecule has 1 aromatic rings. The molecule has 2 rings (SSSR count). The molecular formula is C21H33NO2. The Morgan fingerprint density at radius 3 is 2.42 bits per heavy atom. The van der Waals surface area contributed by atoms with Gasteiger partial charge in [0.05, 0.1) is 12.7 Å². The molecule has 0 radical (unpaired) electrons. The lowest BCUT2D eigenvalue weighted by Gasteiger charge is -2.34. The molecule has 3 heteroatoms. The molecule has 1 aliphatic rings. The van der Waals surface area contributed by atoms with E-state index in [1.54, 1.807) is 0 Å². The van der Waals surface area contributed by atoms with E-state index in [2.05, 4.69) is 51.6 Å². The van der Waals surface area contributed by atoms with Crippen LogP contribution in [0.25, 0.3) is 0 Å². The Morgan fingerprint density at radius 2 is 1.88 bits per heavy atom. The maximum atomic E-state index is 11.1. The first-order valence-corrected chi connectivity index (χ1v) is 8.85. The van der Waals surface area contributed by atoms with Crippen LogP contribution >= 0.6 is 0 Å². The third kappa shape index (κ3) is 4.47. The number of benzene rings is 1. The van der Waals surface area contributed by atoms with Crippen molar-refractivity contribution < 1.29 is 9.84 Å². The SMILES string of the molecule is C=C1[C@@H](C(C)(C)C)[C@@H](OCCc2ccccc2)C[C@]1(O)CN(C)C. The second kappa shape index (κ2) is 7.38. The molecule has 3 atom stereocenters. The Hall–Kier alpha value is -1.16. The summed E-state index contributed by atoms with van der Waals surface area (Å²) in [7, 11) is 3.97. The third-order valence-corrected chi connectivity index (χ3v) is 4.96. The van der Waals surface area contributed by atoms with E-state index in [4.69, 9.17) is 4.74 Å². The molecule has 1 aromatic carbocycles. The summed E-state index contributed by atoms with van der Waals surface area (Å²) in [5.41, 5.74) is 1.36. The molecule has 0 aromatic heterocycles. The van der Waals surface area contributed by atoms with Gasteiger partial charge in [0.2, 0.25) is 0 Å². The highest BCUT2D eigenvalue weighted by molar-refractivity contribution is 5.27. The van der Waals surface area contributed by atoms with Gasteiger partial charge in [0.1, 0.15) is 5.60 Å². The number of hydrogen-bond acceptors (Lipinski definition) is 3. The molecule has 1 saturated carbocycles. The van der Waals surface area contributed by atoms with E-state index in [1.165, 1.54) is 5.56 Å². The van der Waals surface area contributed by atoms with Crippen LogP contribution in [0.3, 0.4) is 0 Å². The number of nitrogens with zero attached hydrogens (tertiary/aromatic N) is 1. The molecular weight excluding hydrogens is 298 g/mol. The normalized spacial score (nSPS) is 27.9. The third-order valence-electron chi connectivity index (χ3n) is 4.96. The Bertz CT molecular complexity index is 547. The first kappa shape index (κ1) is 19.2. The van der Waals surface area contributed by atoms with Gasteiger partial charge in [-0.3, -0.25) is 0 Å². The number of aliphatic hydroxyl groups is 1. The lowest BCUT2D eigenvalue weighted by atomic mass is 9.75. The van der Waals surface area contributed by atoms with Gasteiger partial charge >= 0.3 is 0 Å². The highest BCUT2D eigenvalue weighted by atomic mass is 16.5. The molecule has 0 saturated heterocycles. The molecule has 134 valence electrons. The maximum absolute atomic E-state index is 11.1. The average Bonchev–Trinajstić information content (AvgIpc) is 2.70. The van der Waals surface area contributed by atoms with Crippen molar-refractivity contribution in [2.24, 2.45) is 11.3 Å². The predicted molar refractivity (Wildman–Crippen MR) is 100 cm³/mol. The quantitative estimate of drug-likeness (QED) is 0.810. The van der Waals surface area contributed by atoms with Crippen LogP contribution < -0.4 is 0 Å². The summed E-state index contributed by atoms with van der Waals surface area (Å²) in [5.74, 6) is 0.165. The minimum atomic E-state index is -0.862. The van der Waals surface area contributed by atoms with Crippen LogP contribution in [-0.2, 0) is 11.2 Å². The summed E-state index contributed by atoms with van der Waals surface area (Å²) in [6, 6.07) is 10.4. The van der Waals surface area contributed by atoms with E-state index in [0.717, 1.165) is 12.0 Å². The first-order valence-electron chi connectivity index (χ1n) is 8.85. The van der Waals surface area contributed by atoms with E-state index in [-0.39, 0.29) is 17.4 Å². The fourth-order valence-corrected chi connectivity index (χ4v) is 3.99. The smallest absolute Gasteiger partial charge is 0.101 e. The van der Waals surface area contributed by atoms with Crippen molar-refractivity contribution in [2.75, 3.05) is 27.2 Å². The van der Waals surface area contributed by atoms with Crippen molar-refractivity contribution in [2.45, 2.75) is 45.3 Å². The summed E-state index contributed by atoms with van der Waals surface area (Å²) in [5, 5.41) is 11.1. The van der Waals surface area contributed by atoms with Crippen molar-refractivity contribution in [1.82, 2.24) is 4.90 Å². The van der Waals surface area contributed by atoms with Gasteiger partial charge in [-0.25, -0.2) is 0 Å². The van der Waals surface area contributed by atoms with Crippen molar-refractivity contribution in [3.63, 3.8) is 0 Å². The number of rotatable bonds is 6. The van der Waals surface area contributed by atoms with Crippen LogP contribution in [-0.4, -0.2) is 49.0 Å². The topological polar surface area (TPSA) is 32.7 Å². The number of hydrogen-bond donors (Lipinski definition) is 1. The second-order valence-electron chi connectivity index (χ2n) is 8.49. The van der Waals surface area contributed by atoms with E-state index >= 15 is 0 Å². The van der Waals surface area contributed by atoms with Crippen molar-refractivity contribution in [3.8, 4) is 0 Å². The summed E-state index contributed by atoms with van der Waals surface area (Å²) in [6.07, 6.45) is 1.54. The maximum Gasteiger partial charge on any atom is 0.101 e. The van der Waals surface area contributed by atoms with Crippen LogP contribution in [0.2, 0.25) is 0 Å². The minimum absolute atomic E-state index is 0.0191. The lowest BCUT2D eigenvalue weighted by molar-refractivity contribution is -0.0149. The van der Waals surface area contributed by atoms with Crippen LogP contribution in [0.1, 0.15) is 32.8 Å².